The number of ether oxygens (including phenoxy) is 1. The van der Waals surface area contributed by atoms with E-state index in [0.717, 1.165) is 12.8 Å². The number of aliphatic hydroxyl groups is 2. The summed E-state index contributed by atoms with van der Waals surface area (Å²) in [6.07, 6.45) is 4.12. The molecule has 2 aliphatic rings. The second-order valence-corrected chi connectivity index (χ2v) is 12.0. The lowest BCUT2D eigenvalue weighted by Gasteiger charge is -2.51. The van der Waals surface area contributed by atoms with Gasteiger partial charge < -0.3 is 14.9 Å². The largest absolute Gasteiger partial charge is 0.462 e. The van der Waals surface area contributed by atoms with Gasteiger partial charge in [0.25, 0.3) is 0 Å². The molecule has 0 aromatic carbocycles. The van der Waals surface area contributed by atoms with Crippen LogP contribution in [0.15, 0.2) is 0 Å². The molecule has 0 saturated heterocycles. The van der Waals surface area contributed by atoms with Crippen molar-refractivity contribution in [3.8, 4) is 0 Å². The predicted octanol–water partition coefficient (Wildman–Crippen LogP) is 4.85. The molecule has 0 radical (unpaired) electrons. The maximum atomic E-state index is 13.3. The van der Waals surface area contributed by atoms with Gasteiger partial charge in [0, 0.05) is 12.8 Å². The molecule has 0 heterocycles. The molecule has 2 rings (SSSR count). The molecule has 5 atom stereocenters. The zero-order chi connectivity index (χ0) is 20.9. The Labute approximate surface area is 166 Å². The van der Waals surface area contributed by atoms with Gasteiger partial charge in [0.15, 0.2) is 0 Å². The molecule has 4 nitrogen and oxygen atoms in total. The van der Waals surface area contributed by atoms with Crippen molar-refractivity contribution in [2.75, 3.05) is 0 Å². The van der Waals surface area contributed by atoms with Crippen LogP contribution in [0.3, 0.4) is 0 Å². The lowest BCUT2D eigenvalue weighted by atomic mass is 9.60. The lowest BCUT2D eigenvalue weighted by molar-refractivity contribution is -0.192. The summed E-state index contributed by atoms with van der Waals surface area (Å²) in [5.41, 5.74) is -2.50. The van der Waals surface area contributed by atoms with Gasteiger partial charge in [-0.15, -0.1) is 0 Å². The van der Waals surface area contributed by atoms with Crippen molar-refractivity contribution in [1.29, 1.82) is 0 Å². The normalized spacial score (nSPS) is 36.8. The summed E-state index contributed by atoms with van der Waals surface area (Å²) < 4.78 is 6.05. The highest BCUT2D eigenvalue weighted by molar-refractivity contribution is 5.77. The average Bonchev–Trinajstić information content (AvgIpc) is 2.41. The fraction of sp³-hybridized carbons (Fsp3) is 0.957. The summed E-state index contributed by atoms with van der Waals surface area (Å²) in [5.74, 6) is 0.0630. The SMILES string of the molecule is CCC1(O)CC2CC(OC(=O)C(C)(CC(C)(C)C)C(C)(C)C)CC(O)(C2)C1. The second-order valence-electron chi connectivity index (χ2n) is 12.0. The molecular formula is C23H42O4. The molecule has 2 N–H and O–H groups in total. The Hall–Kier alpha value is -0.610. The zero-order valence-electron chi connectivity index (χ0n) is 18.8. The predicted molar refractivity (Wildman–Crippen MR) is 108 cm³/mol. The first-order chi connectivity index (χ1) is 12.0. The van der Waals surface area contributed by atoms with Crippen LogP contribution < -0.4 is 0 Å². The molecule has 2 bridgehead atoms. The topological polar surface area (TPSA) is 66.8 Å². The summed E-state index contributed by atoms with van der Waals surface area (Å²) >= 11 is 0. The average molecular weight is 383 g/mol. The summed E-state index contributed by atoms with van der Waals surface area (Å²) in [6.45, 7) is 16.8. The third kappa shape index (κ3) is 5.06. The van der Waals surface area contributed by atoms with Crippen LogP contribution in [0.4, 0.5) is 0 Å². The van der Waals surface area contributed by atoms with Crippen molar-refractivity contribution in [3.05, 3.63) is 0 Å². The summed E-state index contributed by atoms with van der Waals surface area (Å²) in [7, 11) is 0. The van der Waals surface area contributed by atoms with Crippen LogP contribution in [0.25, 0.3) is 0 Å². The maximum absolute atomic E-state index is 13.3. The van der Waals surface area contributed by atoms with Crippen LogP contribution in [0.5, 0.6) is 0 Å². The molecular weight excluding hydrogens is 340 g/mol. The Morgan fingerprint density at radius 1 is 1.04 bits per heavy atom. The van der Waals surface area contributed by atoms with Gasteiger partial charge in [0.1, 0.15) is 6.10 Å². The standard InChI is InChI=1S/C23H42O4/c1-9-22(25)11-16-10-17(13-23(26,12-16)15-22)27-18(24)21(8,20(5,6)7)14-19(2,3)4/h16-17,25-26H,9-15H2,1-8H3. The third-order valence-electron chi connectivity index (χ3n) is 7.12. The van der Waals surface area contributed by atoms with Crippen molar-refractivity contribution in [2.24, 2.45) is 22.2 Å². The molecule has 2 saturated carbocycles. The summed E-state index contributed by atoms with van der Waals surface area (Å²) in [4.78, 5) is 13.3. The Bertz CT molecular complexity index is 558. The fourth-order valence-corrected chi connectivity index (χ4v) is 5.45. The number of hydrogen-bond acceptors (Lipinski definition) is 4. The molecule has 158 valence electrons. The summed E-state index contributed by atoms with van der Waals surface area (Å²) in [6, 6.07) is 0. The van der Waals surface area contributed by atoms with Crippen LogP contribution in [0.2, 0.25) is 0 Å². The fourth-order valence-electron chi connectivity index (χ4n) is 5.45. The van der Waals surface area contributed by atoms with Gasteiger partial charge in [-0.3, -0.25) is 4.79 Å². The minimum atomic E-state index is -0.918. The third-order valence-corrected chi connectivity index (χ3v) is 7.12. The molecule has 0 aromatic heterocycles. The van der Waals surface area contributed by atoms with E-state index in [-0.39, 0.29) is 28.8 Å². The van der Waals surface area contributed by atoms with E-state index in [9.17, 15) is 15.0 Å². The number of hydrogen-bond donors (Lipinski definition) is 2. The minimum absolute atomic E-state index is 0.0138. The van der Waals surface area contributed by atoms with E-state index in [1.54, 1.807) is 0 Å². The van der Waals surface area contributed by atoms with E-state index in [1.807, 2.05) is 13.8 Å². The van der Waals surface area contributed by atoms with Gasteiger partial charge >= 0.3 is 5.97 Å². The lowest BCUT2D eigenvalue weighted by Crippen LogP contribution is -2.55. The Balaban J connectivity index is 2.15. The maximum Gasteiger partial charge on any atom is 0.312 e. The molecule has 5 unspecified atom stereocenters. The highest BCUT2D eigenvalue weighted by Crippen LogP contribution is 2.51. The Kier molecular flexibility index (Phi) is 5.89. The van der Waals surface area contributed by atoms with Crippen molar-refractivity contribution >= 4 is 5.97 Å². The zero-order valence-corrected chi connectivity index (χ0v) is 18.8. The number of fused-ring (bicyclic) bond motifs is 2. The molecule has 4 heteroatoms. The van der Waals surface area contributed by atoms with E-state index in [0.29, 0.717) is 32.1 Å². The van der Waals surface area contributed by atoms with Crippen LogP contribution in [-0.2, 0) is 9.53 Å². The van der Waals surface area contributed by atoms with Gasteiger partial charge in [-0.05, 0) is 55.8 Å². The first-order valence-corrected chi connectivity index (χ1v) is 10.7. The Morgan fingerprint density at radius 3 is 2.07 bits per heavy atom. The van der Waals surface area contributed by atoms with E-state index >= 15 is 0 Å². The van der Waals surface area contributed by atoms with Gasteiger partial charge in [-0.1, -0.05) is 48.5 Å². The highest BCUT2D eigenvalue weighted by Gasteiger charge is 2.53. The van der Waals surface area contributed by atoms with Gasteiger partial charge in [-0.2, -0.15) is 0 Å². The monoisotopic (exact) mass is 382 g/mol. The van der Waals surface area contributed by atoms with E-state index in [4.69, 9.17) is 4.74 Å². The number of rotatable bonds is 4. The van der Waals surface area contributed by atoms with E-state index < -0.39 is 16.6 Å². The van der Waals surface area contributed by atoms with Crippen molar-refractivity contribution < 1.29 is 19.7 Å². The Morgan fingerprint density at radius 2 is 1.63 bits per heavy atom. The quantitative estimate of drug-likeness (QED) is 0.682. The van der Waals surface area contributed by atoms with Gasteiger partial charge in [0.05, 0.1) is 16.6 Å². The van der Waals surface area contributed by atoms with Crippen molar-refractivity contribution in [1.82, 2.24) is 0 Å². The van der Waals surface area contributed by atoms with E-state index in [1.165, 1.54) is 0 Å². The number of esters is 1. The smallest absolute Gasteiger partial charge is 0.312 e. The van der Waals surface area contributed by atoms with Crippen molar-refractivity contribution in [2.45, 2.75) is 118 Å². The van der Waals surface area contributed by atoms with E-state index in [2.05, 4.69) is 41.5 Å². The first kappa shape index (κ1) is 22.7. The summed E-state index contributed by atoms with van der Waals surface area (Å²) in [5, 5.41) is 21.8. The first-order valence-electron chi connectivity index (χ1n) is 10.7. The van der Waals surface area contributed by atoms with Crippen LogP contribution in [-0.4, -0.2) is 33.5 Å². The minimum Gasteiger partial charge on any atom is -0.462 e. The molecule has 0 spiro atoms. The molecule has 27 heavy (non-hydrogen) atoms. The number of carbonyl (C=O) groups is 1. The molecule has 2 aliphatic carbocycles. The van der Waals surface area contributed by atoms with Gasteiger partial charge in [-0.25, -0.2) is 0 Å². The van der Waals surface area contributed by atoms with Crippen LogP contribution >= 0.6 is 0 Å². The highest BCUT2D eigenvalue weighted by atomic mass is 16.5. The second kappa shape index (κ2) is 7.02. The molecule has 2 fully saturated rings. The molecule has 0 aromatic rings. The van der Waals surface area contributed by atoms with Crippen molar-refractivity contribution in [3.63, 3.8) is 0 Å². The molecule has 0 aliphatic heterocycles. The van der Waals surface area contributed by atoms with Crippen LogP contribution in [0.1, 0.15) is 100 Å². The van der Waals surface area contributed by atoms with Gasteiger partial charge in [0.2, 0.25) is 0 Å². The molecule has 0 amide bonds. The number of carbonyl (C=O) groups excluding carboxylic acids is 1. The van der Waals surface area contributed by atoms with Crippen LogP contribution in [0, 0.1) is 22.2 Å².